The lowest BCUT2D eigenvalue weighted by molar-refractivity contribution is -0.137. The normalized spacial score (nSPS) is 11.5. The summed E-state index contributed by atoms with van der Waals surface area (Å²) in [6.45, 7) is 0. The van der Waals surface area contributed by atoms with Gasteiger partial charge in [0.25, 0.3) is 0 Å². The zero-order valence-corrected chi connectivity index (χ0v) is 13.3. The molecular formula is C15H12F3N5S. The third-order valence-corrected chi connectivity index (χ3v) is 4.39. The number of alkyl halides is 3. The lowest BCUT2D eigenvalue weighted by atomic mass is 10.2. The van der Waals surface area contributed by atoms with E-state index in [1.165, 1.54) is 23.5 Å². The fourth-order valence-electron chi connectivity index (χ4n) is 2.03. The van der Waals surface area contributed by atoms with Crippen molar-refractivity contribution in [2.24, 2.45) is 0 Å². The molecule has 0 aliphatic rings. The van der Waals surface area contributed by atoms with Gasteiger partial charge in [0.05, 0.1) is 16.1 Å². The molecule has 0 atom stereocenters. The van der Waals surface area contributed by atoms with E-state index in [2.05, 4.69) is 15.0 Å². The molecular weight excluding hydrogens is 339 g/mol. The summed E-state index contributed by atoms with van der Waals surface area (Å²) < 4.78 is 37.9. The zero-order chi connectivity index (χ0) is 17.3. The van der Waals surface area contributed by atoms with E-state index in [1.807, 2.05) is 0 Å². The van der Waals surface area contributed by atoms with E-state index in [1.54, 1.807) is 30.4 Å². The van der Waals surface area contributed by atoms with Crippen LogP contribution in [0.4, 0.5) is 29.9 Å². The summed E-state index contributed by atoms with van der Waals surface area (Å²) in [6, 6.07) is 6.63. The standard InChI is InChI=1S/C15H12F3N5S/c1-23(10-4-2-9(3-5-10)15(16,17)18)14-21-8-12(24-14)11-6-7-20-13(19)22-11/h2-8H,1H3,(H2,19,20,22). The van der Waals surface area contributed by atoms with Crippen LogP contribution in [0.1, 0.15) is 5.56 Å². The minimum atomic E-state index is -4.35. The minimum Gasteiger partial charge on any atom is -0.368 e. The molecule has 0 aliphatic carbocycles. The van der Waals surface area contributed by atoms with Crippen LogP contribution in [0, 0.1) is 0 Å². The van der Waals surface area contributed by atoms with Crippen molar-refractivity contribution in [3.63, 3.8) is 0 Å². The van der Waals surface area contributed by atoms with Crippen LogP contribution in [0.5, 0.6) is 0 Å². The SMILES string of the molecule is CN(c1ccc(C(F)(F)F)cc1)c1ncc(-c2ccnc(N)n2)s1. The van der Waals surface area contributed by atoms with Gasteiger partial charge in [-0.25, -0.2) is 15.0 Å². The van der Waals surface area contributed by atoms with Crippen LogP contribution in [0.2, 0.25) is 0 Å². The van der Waals surface area contributed by atoms with E-state index >= 15 is 0 Å². The molecule has 1 aromatic carbocycles. The molecule has 0 unspecified atom stereocenters. The summed E-state index contributed by atoms with van der Waals surface area (Å²) >= 11 is 1.35. The van der Waals surface area contributed by atoms with Crippen molar-refractivity contribution >= 4 is 28.1 Å². The number of hydrogen-bond donors (Lipinski definition) is 1. The smallest absolute Gasteiger partial charge is 0.368 e. The van der Waals surface area contributed by atoms with Crippen molar-refractivity contribution in [2.45, 2.75) is 6.18 Å². The van der Waals surface area contributed by atoms with Crippen LogP contribution < -0.4 is 10.6 Å². The number of thiazole rings is 1. The predicted octanol–water partition coefficient (Wildman–Crippen LogP) is 3.97. The molecule has 24 heavy (non-hydrogen) atoms. The van der Waals surface area contributed by atoms with Gasteiger partial charge in [0, 0.05) is 25.1 Å². The molecule has 0 saturated carbocycles. The summed E-state index contributed by atoms with van der Waals surface area (Å²) in [5.41, 5.74) is 6.13. The summed E-state index contributed by atoms with van der Waals surface area (Å²) in [6.07, 6.45) is -1.16. The van der Waals surface area contributed by atoms with Gasteiger partial charge in [0.1, 0.15) is 0 Å². The molecule has 5 nitrogen and oxygen atoms in total. The van der Waals surface area contributed by atoms with E-state index in [0.717, 1.165) is 17.0 Å². The van der Waals surface area contributed by atoms with Crippen molar-refractivity contribution < 1.29 is 13.2 Å². The Kier molecular flexibility index (Phi) is 4.10. The molecule has 9 heteroatoms. The number of benzene rings is 1. The van der Waals surface area contributed by atoms with Crippen LogP contribution in [0.3, 0.4) is 0 Å². The van der Waals surface area contributed by atoms with E-state index in [-0.39, 0.29) is 5.95 Å². The average molecular weight is 351 g/mol. The number of anilines is 3. The Bertz CT molecular complexity index is 845. The predicted molar refractivity (Wildman–Crippen MR) is 87.1 cm³/mol. The average Bonchev–Trinajstić information content (AvgIpc) is 3.03. The number of nitrogens with two attached hydrogens (primary N) is 1. The van der Waals surface area contributed by atoms with Crippen LogP contribution in [-0.2, 0) is 6.18 Å². The second kappa shape index (κ2) is 6.08. The van der Waals surface area contributed by atoms with Crippen LogP contribution >= 0.6 is 11.3 Å². The molecule has 124 valence electrons. The fourth-order valence-corrected chi connectivity index (χ4v) is 2.90. The molecule has 0 saturated heterocycles. The molecule has 2 N–H and O–H groups in total. The molecule has 3 aromatic rings. The van der Waals surface area contributed by atoms with Gasteiger partial charge in [-0.2, -0.15) is 13.2 Å². The number of aromatic nitrogens is 3. The molecule has 0 bridgehead atoms. The second-order valence-electron chi connectivity index (χ2n) is 4.91. The van der Waals surface area contributed by atoms with Gasteiger partial charge in [0.2, 0.25) is 5.95 Å². The van der Waals surface area contributed by atoms with Crippen molar-refractivity contribution in [1.82, 2.24) is 15.0 Å². The van der Waals surface area contributed by atoms with Crippen LogP contribution in [0.15, 0.2) is 42.7 Å². The summed E-state index contributed by atoms with van der Waals surface area (Å²) in [5, 5.41) is 0.627. The van der Waals surface area contributed by atoms with Crippen molar-refractivity contribution in [3.8, 4) is 10.6 Å². The van der Waals surface area contributed by atoms with E-state index in [0.29, 0.717) is 16.5 Å². The summed E-state index contributed by atoms with van der Waals surface area (Å²) in [7, 11) is 1.74. The minimum absolute atomic E-state index is 0.165. The summed E-state index contributed by atoms with van der Waals surface area (Å²) in [4.78, 5) is 14.7. The number of hydrogen-bond acceptors (Lipinski definition) is 6. The van der Waals surface area contributed by atoms with Crippen LogP contribution in [0.25, 0.3) is 10.6 Å². The quantitative estimate of drug-likeness (QED) is 0.773. The van der Waals surface area contributed by atoms with Crippen molar-refractivity contribution in [2.75, 3.05) is 17.7 Å². The lowest BCUT2D eigenvalue weighted by Gasteiger charge is -2.16. The Hall–Kier alpha value is -2.68. The largest absolute Gasteiger partial charge is 0.416 e. The third-order valence-electron chi connectivity index (χ3n) is 3.29. The monoisotopic (exact) mass is 351 g/mol. The number of nitrogens with zero attached hydrogens (tertiary/aromatic N) is 4. The number of halogens is 3. The highest BCUT2D eigenvalue weighted by atomic mass is 32.1. The second-order valence-corrected chi connectivity index (χ2v) is 5.92. The van der Waals surface area contributed by atoms with Gasteiger partial charge in [0.15, 0.2) is 5.13 Å². The summed E-state index contributed by atoms with van der Waals surface area (Å²) in [5.74, 6) is 0.165. The molecule has 0 spiro atoms. The van der Waals surface area contributed by atoms with Gasteiger partial charge in [-0.3, -0.25) is 0 Å². The molecule has 3 rings (SSSR count). The molecule has 2 aromatic heterocycles. The fraction of sp³-hybridized carbons (Fsp3) is 0.133. The zero-order valence-electron chi connectivity index (χ0n) is 12.4. The molecule has 2 heterocycles. The Labute approximate surface area is 139 Å². The maximum atomic E-state index is 12.6. The van der Waals surface area contributed by atoms with Crippen molar-refractivity contribution in [1.29, 1.82) is 0 Å². The van der Waals surface area contributed by atoms with Gasteiger partial charge >= 0.3 is 6.18 Å². The first-order valence-corrected chi connectivity index (χ1v) is 7.62. The lowest BCUT2D eigenvalue weighted by Crippen LogP contribution is -2.10. The van der Waals surface area contributed by atoms with E-state index in [4.69, 9.17) is 5.73 Å². The number of rotatable bonds is 3. The molecule has 0 radical (unpaired) electrons. The first kappa shape index (κ1) is 16.2. The first-order chi connectivity index (χ1) is 11.3. The highest BCUT2D eigenvalue weighted by Crippen LogP contribution is 2.35. The molecule has 0 fully saturated rings. The molecule has 0 amide bonds. The van der Waals surface area contributed by atoms with Gasteiger partial charge in [-0.15, -0.1) is 0 Å². The molecule has 0 aliphatic heterocycles. The Morgan fingerprint density at radius 1 is 1.08 bits per heavy atom. The Balaban J connectivity index is 1.84. The van der Waals surface area contributed by atoms with Gasteiger partial charge in [-0.1, -0.05) is 11.3 Å². The van der Waals surface area contributed by atoms with Crippen molar-refractivity contribution in [3.05, 3.63) is 48.3 Å². The highest BCUT2D eigenvalue weighted by Gasteiger charge is 2.30. The third kappa shape index (κ3) is 3.30. The maximum absolute atomic E-state index is 12.6. The van der Waals surface area contributed by atoms with E-state index in [9.17, 15) is 13.2 Å². The highest BCUT2D eigenvalue weighted by molar-refractivity contribution is 7.18. The van der Waals surface area contributed by atoms with Gasteiger partial charge < -0.3 is 10.6 Å². The first-order valence-electron chi connectivity index (χ1n) is 6.80. The topological polar surface area (TPSA) is 67.9 Å². The Morgan fingerprint density at radius 3 is 2.42 bits per heavy atom. The van der Waals surface area contributed by atoms with Gasteiger partial charge in [-0.05, 0) is 30.3 Å². The number of nitrogen functional groups attached to an aromatic ring is 1. The van der Waals surface area contributed by atoms with E-state index < -0.39 is 11.7 Å². The van der Waals surface area contributed by atoms with Crippen LogP contribution in [-0.4, -0.2) is 22.0 Å². The Morgan fingerprint density at radius 2 is 1.79 bits per heavy atom. The maximum Gasteiger partial charge on any atom is 0.416 e.